The molecule has 0 aromatic rings. The molecule has 0 bridgehead atoms. The van der Waals surface area contributed by atoms with E-state index in [1.54, 1.807) is 0 Å². The summed E-state index contributed by atoms with van der Waals surface area (Å²) in [7, 11) is 4.50. The Hall–Kier alpha value is -0.0400. The minimum Gasteiger partial charge on any atom is -0.306 e. The van der Waals surface area contributed by atoms with Crippen LogP contribution in [0, 0.1) is 11.8 Å². The summed E-state index contributed by atoms with van der Waals surface area (Å²) in [6.45, 7) is 4.68. The molecule has 1 fully saturated rings. The zero-order valence-electron chi connectivity index (χ0n) is 14.7. The highest BCUT2D eigenvalue weighted by Crippen LogP contribution is 2.36. The van der Waals surface area contributed by atoms with E-state index < -0.39 is 0 Å². The van der Waals surface area contributed by atoms with Gasteiger partial charge in [-0.3, -0.25) is 0 Å². The second-order valence-electron chi connectivity index (χ2n) is 7.28. The zero-order valence-corrected chi connectivity index (χ0v) is 14.7. The maximum atomic E-state index is 2.44. The van der Waals surface area contributed by atoms with Crippen LogP contribution >= 0.6 is 0 Å². The quantitative estimate of drug-likeness (QED) is 0.452. The van der Waals surface area contributed by atoms with Gasteiger partial charge in [-0.25, -0.2) is 0 Å². The molecule has 120 valence electrons. The van der Waals surface area contributed by atoms with Gasteiger partial charge < -0.3 is 4.90 Å². The highest BCUT2D eigenvalue weighted by molar-refractivity contribution is 4.81. The molecule has 1 atom stereocenters. The average molecular weight is 282 g/mol. The van der Waals surface area contributed by atoms with Crippen LogP contribution in [0.5, 0.6) is 0 Å². The highest BCUT2D eigenvalue weighted by Gasteiger charge is 2.27. The molecule has 1 saturated carbocycles. The Morgan fingerprint density at radius 3 is 2.00 bits per heavy atom. The molecule has 0 radical (unpaired) electrons. The zero-order chi connectivity index (χ0) is 14.8. The summed E-state index contributed by atoms with van der Waals surface area (Å²) < 4.78 is 0. The Morgan fingerprint density at radius 1 is 0.800 bits per heavy atom. The first kappa shape index (κ1) is 18.0. The second kappa shape index (κ2) is 10.7. The van der Waals surface area contributed by atoms with Gasteiger partial charge in [0.15, 0.2) is 0 Å². The predicted octanol–water partition coefficient (Wildman–Crippen LogP) is 5.88. The fourth-order valence-corrected chi connectivity index (χ4v) is 4.09. The lowest BCUT2D eigenvalue weighted by Crippen LogP contribution is -2.34. The van der Waals surface area contributed by atoms with Crippen molar-refractivity contribution >= 4 is 0 Å². The van der Waals surface area contributed by atoms with E-state index in [0.29, 0.717) is 0 Å². The van der Waals surface area contributed by atoms with Gasteiger partial charge in [0.25, 0.3) is 0 Å². The third-order valence-corrected chi connectivity index (χ3v) is 5.48. The lowest BCUT2D eigenvalue weighted by molar-refractivity contribution is 0.147. The van der Waals surface area contributed by atoms with Crippen molar-refractivity contribution < 1.29 is 0 Å². The molecule has 1 rings (SSSR count). The Morgan fingerprint density at radius 2 is 1.45 bits per heavy atom. The Balaban J connectivity index is 2.27. The molecule has 1 heteroatoms. The maximum Gasteiger partial charge on any atom is 0.00893 e. The second-order valence-corrected chi connectivity index (χ2v) is 7.28. The van der Waals surface area contributed by atoms with E-state index in [9.17, 15) is 0 Å². The van der Waals surface area contributed by atoms with Crippen LogP contribution in [0.2, 0.25) is 0 Å². The minimum absolute atomic E-state index is 0.859. The molecule has 0 saturated heterocycles. The van der Waals surface area contributed by atoms with Gasteiger partial charge >= 0.3 is 0 Å². The van der Waals surface area contributed by atoms with Crippen LogP contribution in [-0.2, 0) is 0 Å². The monoisotopic (exact) mass is 281 g/mol. The van der Waals surface area contributed by atoms with Crippen LogP contribution in [0.1, 0.15) is 90.9 Å². The van der Waals surface area contributed by atoms with Gasteiger partial charge in [0.2, 0.25) is 0 Å². The van der Waals surface area contributed by atoms with E-state index in [4.69, 9.17) is 0 Å². The molecule has 1 unspecified atom stereocenters. The van der Waals surface area contributed by atoms with Crippen LogP contribution in [-0.4, -0.2) is 25.0 Å². The van der Waals surface area contributed by atoms with Gasteiger partial charge in [-0.2, -0.15) is 0 Å². The van der Waals surface area contributed by atoms with E-state index in [0.717, 1.165) is 17.9 Å². The van der Waals surface area contributed by atoms with Crippen LogP contribution in [0.15, 0.2) is 0 Å². The molecule has 0 aromatic carbocycles. The van der Waals surface area contributed by atoms with Gasteiger partial charge in [0.05, 0.1) is 0 Å². The number of hydrogen-bond acceptors (Lipinski definition) is 1. The molecule has 20 heavy (non-hydrogen) atoms. The van der Waals surface area contributed by atoms with Crippen molar-refractivity contribution in [1.82, 2.24) is 4.90 Å². The largest absolute Gasteiger partial charge is 0.306 e. The summed E-state index contributed by atoms with van der Waals surface area (Å²) in [6, 6.07) is 0.859. The molecule has 1 aliphatic rings. The Kier molecular flexibility index (Phi) is 9.59. The number of hydrogen-bond donors (Lipinski definition) is 0. The third-order valence-electron chi connectivity index (χ3n) is 5.48. The van der Waals surface area contributed by atoms with E-state index in [1.807, 2.05) is 0 Å². The van der Waals surface area contributed by atoms with Gasteiger partial charge in [0.1, 0.15) is 0 Å². The van der Waals surface area contributed by atoms with Crippen molar-refractivity contribution in [2.75, 3.05) is 14.1 Å². The molecule has 0 amide bonds. The maximum absolute atomic E-state index is 2.44. The van der Waals surface area contributed by atoms with Gasteiger partial charge in [-0.1, -0.05) is 65.2 Å². The predicted molar refractivity (Wildman–Crippen MR) is 91.2 cm³/mol. The molecule has 0 heterocycles. The molecular formula is C19H39N. The van der Waals surface area contributed by atoms with Crippen LogP contribution in [0.4, 0.5) is 0 Å². The minimum atomic E-state index is 0.859. The summed E-state index contributed by atoms with van der Waals surface area (Å²) in [4.78, 5) is 2.44. The van der Waals surface area contributed by atoms with E-state index in [2.05, 4.69) is 32.8 Å². The van der Waals surface area contributed by atoms with Crippen molar-refractivity contribution in [2.24, 2.45) is 11.8 Å². The summed E-state index contributed by atoms with van der Waals surface area (Å²) in [5.41, 5.74) is 0. The van der Waals surface area contributed by atoms with Crippen LogP contribution in [0.25, 0.3) is 0 Å². The molecule has 0 N–H and O–H groups in total. The fraction of sp³-hybridized carbons (Fsp3) is 1.00. The summed E-state index contributed by atoms with van der Waals surface area (Å²) in [5.74, 6) is 2.07. The molecule has 1 nitrogen and oxygen atoms in total. The summed E-state index contributed by atoms with van der Waals surface area (Å²) in [6.07, 6.45) is 17.4. The first-order valence-corrected chi connectivity index (χ1v) is 9.35. The molecule has 1 aliphatic carbocycles. The molecule has 0 aromatic heterocycles. The fourth-order valence-electron chi connectivity index (χ4n) is 4.09. The van der Waals surface area contributed by atoms with Gasteiger partial charge in [0, 0.05) is 6.04 Å². The smallest absolute Gasteiger partial charge is 0.00893 e. The van der Waals surface area contributed by atoms with Gasteiger partial charge in [-0.05, 0) is 51.6 Å². The number of nitrogens with zero attached hydrogens (tertiary/aromatic N) is 1. The third kappa shape index (κ3) is 6.61. The van der Waals surface area contributed by atoms with E-state index >= 15 is 0 Å². The summed E-state index contributed by atoms with van der Waals surface area (Å²) in [5, 5.41) is 0. The average Bonchev–Trinajstić information content (AvgIpc) is 2.46. The topological polar surface area (TPSA) is 3.24 Å². The van der Waals surface area contributed by atoms with E-state index in [1.165, 1.54) is 77.0 Å². The lowest BCUT2D eigenvalue weighted by Gasteiger charge is -2.36. The van der Waals surface area contributed by atoms with Crippen molar-refractivity contribution in [3.05, 3.63) is 0 Å². The summed E-state index contributed by atoms with van der Waals surface area (Å²) >= 11 is 0. The van der Waals surface area contributed by atoms with Crippen molar-refractivity contribution in [2.45, 2.75) is 96.9 Å². The van der Waals surface area contributed by atoms with Crippen molar-refractivity contribution in [3.8, 4) is 0 Å². The first-order valence-electron chi connectivity index (χ1n) is 9.35. The highest BCUT2D eigenvalue weighted by atomic mass is 15.1. The van der Waals surface area contributed by atoms with Crippen molar-refractivity contribution in [3.63, 3.8) is 0 Å². The molecule has 0 aliphatic heterocycles. The lowest BCUT2D eigenvalue weighted by atomic mass is 9.74. The van der Waals surface area contributed by atoms with Crippen LogP contribution < -0.4 is 0 Å². The Bertz CT molecular complexity index is 216. The van der Waals surface area contributed by atoms with Crippen LogP contribution in [0.3, 0.4) is 0 Å². The Labute approximate surface area is 128 Å². The number of rotatable bonds is 10. The molecular weight excluding hydrogens is 242 g/mol. The van der Waals surface area contributed by atoms with E-state index in [-0.39, 0.29) is 0 Å². The first-order chi connectivity index (χ1) is 9.69. The SMILES string of the molecule is CCCCCCCC(CCC)C1CCC(N(C)C)CC1. The molecule has 0 spiro atoms. The number of unbranched alkanes of at least 4 members (excludes halogenated alkanes) is 4. The van der Waals surface area contributed by atoms with Gasteiger partial charge in [-0.15, -0.1) is 0 Å². The normalized spacial score (nSPS) is 25.1. The standard InChI is InChI=1S/C19H39N/c1-5-7-8-9-10-12-17(11-6-2)18-13-15-19(16-14-18)20(3)4/h17-19H,5-16H2,1-4H3. The van der Waals surface area contributed by atoms with Crippen molar-refractivity contribution in [1.29, 1.82) is 0 Å².